The number of alkyl halides is 3. The minimum absolute atomic E-state index is 0.00649. The van der Waals surface area contributed by atoms with E-state index in [0.717, 1.165) is 17.8 Å². The number of thioether (sulfide) groups is 1. The lowest BCUT2D eigenvalue weighted by Gasteiger charge is -2.15. The third-order valence-electron chi connectivity index (χ3n) is 3.42. The van der Waals surface area contributed by atoms with Gasteiger partial charge >= 0.3 is 6.18 Å². The molecule has 0 unspecified atom stereocenters. The molecule has 1 aromatic carbocycles. The third kappa shape index (κ3) is 4.11. The van der Waals surface area contributed by atoms with E-state index in [9.17, 15) is 18.4 Å². The molecule has 0 aliphatic rings. The number of nitrogens with zero attached hydrogens (tertiary/aromatic N) is 2. The molecule has 0 N–H and O–H groups in total. The lowest BCUT2D eigenvalue weighted by atomic mass is 10.0. The molecule has 0 saturated heterocycles. The average Bonchev–Trinajstić information content (AvgIpc) is 2.64. The number of benzene rings is 1. The summed E-state index contributed by atoms with van der Waals surface area (Å²) in [6.07, 6.45) is -3.15. The molecule has 2 rings (SSSR count). The van der Waals surface area contributed by atoms with Gasteiger partial charge in [0.25, 0.3) is 0 Å². The summed E-state index contributed by atoms with van der Waals surface area (Å²) >= 11 is 1.02. The van der Waals surface area contributed by atoms with Crippen molar-refractivity contribution in [3.05, 3.63) is 48.0 Å². The first-order chi connectivity index (χ1) is 12.3. The van der Waals surface area contributed by atoms with Crippen LogP contribution in [0.25, 0.3) is 11.3 Å². The molecular weight excluding hydrogens is 365 g/mol. The standard InChI is InChI=1S/C18H15F3N2O2S/c1-4-7-26-17-12(10-22)13(18(19,20)21)9-14(23-17)11-5-6-15(24-2)16(8-11)25-3/h4-6,8-9H,1,7H2,2-3H3. The third-order valence-corrected chi connectivity index (χ3v) is 4.39. The highest BCUT2D eigenvalue weighted by Gasteiger charge is 2.36. The summed E-state index contributed by atoms with van der Waals surface area (Å²) in [5.74, 6) is 1.14. The molecule has 2 aromatic rings. The van der Waals surface area contributed by atoms with E-state index in [4.69, 9.17) is 9.47 Å². The van der Waals surface area contributed by atoms with E-state index in [-0.39, 0.29) is 10.7 Å². The Labute approximate surface area is 153 Å². The Morgan fingerprint density at radius 3 is 2.46 bits per heavy atom. The second kappa shape index (κ2) is 8.15. The van der Waals surface area contributed by atoms with Crippen LogP contribution < -0.4 is 9.47 Å². The molecule has 8 heteroatoms. The van der Waals surface area contributed by atoms with E-state index in [2.05, 4.69) is 11.6 Å². The van der Waals surface area contributed by atoms with Crippen LogP contribution in [0.15, 0.2) is 41.9 Å². The lowest BCUT2D eigenvalue weighted by molar-refractivity contribution is -0.138. The number of nitriles is 1. The zero-order chi connectivity index (χ0) is 19.3. The summed E-state index contributed by atoms with van der Waals surface area (Å²) in [6.45, 7) is 3.54. The highest BCUT2D eigenvalue weighted by molar-refractivity contribution is 7.99. The number of hydrogen-bond donors (Lipinski definition) is 0. The van der Waals surface area contributed by atoms with Crippen molar-refractivity contribution in [2.75, 3.05) is 20.0 Å². The molecule has 0 saturated carbocycles. The summed E-state index contributed by atoms with van der Waals surface area (Å²) in [5.41, 5.74) is -1.01. The lowest BCUT2D eigenvalue weighted by Crippen LogP contribution is -2.10. The van der Waals surface area contributed by atoms with Gasteiger partial charge in [-0.05, 0) is 24.3 Å². The van der Waals surface area contributed by atoms with Crippen molar-refractivity contribution in [2.24, 2.45) is 0 Å². The average molecular weight is 380 g/mol. The zero-order valence-corrected chi connectivity index (χ0v) is 14.9. The molecule has 0 bridgehead atoms. The van der Waals surface area contributed by atoms with Crippen LogP contribution in [0.5, 0.6) is 11.5 Å². The van der Waals surface area contributed by atoms with E-state index < -0.39 is 17.3 Å². The molecule has 0 spiro atoms. The first-order valence-corrected chi connectivity index (χ1v) is 8.32. The number of aromatic nitrogens is 1. The molecule has 1 heterocycles. The Hall–Kier alpha value is -2.66. The van der Waals surface area contributed by atoms with Gasteiger partial charge in [-0.1, -0.05) is 6.08 Å². The van der Waals surface area contributed by atoms with E-state index in [1.165, 1.54) is 26.4 Å². The molecule has 1 aromatic heterocycles. The highest BCUT2D eigenvalue weighted by Crippen LogP contribution is 2.39. The number of rotatable bonds is 6. The van der Waals surface area contributed by atoms with Gasteiger partial charge in [-0.25, -0.2) is 4.98 Å². The van der Waals surface area contributed by atoms with E-state index in [1.807, 2.05) is 0 Å². The predicted molar refractivity (Wildman–Crippen MR) is 93.4 cm³/mol. The van der Waals surface area contributed by atoms with Gasteiger partial charge < -0.3 is 9.47 Å². The Balaban J connectivity index is 2.69. The van der Waals surface area contributed by atoms with Crippen LogP contribution in [0.1, 0.15) is 11.1 Å². The van der Waals surface area contributed by atoms with Crippen LogP contribution in [-0.4, -0.2) is 25.0 Å². The first kappa shape index (κ1) is 19.7. The number of ether oxygens (including phenoxy) is 2. The second-order valence-electron chi connectivity index (χ2n) is 5.01. The fraction of sp³-hybridized carbons (Fsp3) is 0.222. The topological polar surface area (TPSA) is 55.1 Å². The van der Waals surface area contributed by atoms with Gasteiger partial charge in [-0.15, -0.1) is 18.3 Å². The molecule has 0 radical (unpaired) electrons. The smallest absolute Gasteiger partial charge is 0.417 e. The van der Waals surface area contributed by atoms with Crippen LogP contribution >= 0.6 is 11.8 Å². The zero-order valence-electron chi connectivity index (χ0n) is 14.1. The van der Waals surface area contributed by atoms with Crippen molar-refractivity contribution < 1.29 is 22.6 Å². The summed E-state index contributed by atoms with van der Waals surface area (Å²) in [5, 5.41) is 9.21. The monoisotopic (exact) mass is 380 g/mol. The minimum atomic E-state index is -4.68. The largest absolute Gasteiger partial charge is 0.493 e. The second-order valence-corrected chi connectivity index (χ2v) is 6.02. The van der Waals surface area contributed by atoms with Crippen molar-refractivity contribution in [3.8, 4) is 28.8 Å². The van der Waals surface area contributed by atoms with Gasteiger partial charge in [0.15, 0.2) is 11.5 Å². The number of methoxy groups -OCH3 is 2. The molecule has 26 heavy (non-hydrogen) atoms. The van der Waals surface area contributed by atoms with Gasteiger partial charge in [-0.3, -0.25) is 0 Å². The molecule has 0 fully saturated rings. The van der Waals surface area contributed by atoms with Crippen LogP contribution in [0.2, 0.25) is 0 Å². The van der Waals surface area contributed by atoms with Gasteiger partial charge in [0.2, 0.25) is 0 Å². The SMILES string of the molecule is C=CCSc1nc(-c2ccc(OC)c(OC)c2)cc(C(F)(F)F)c1C#N. The van der Waals surface area contributed by atoms with Crippen molar-refractivity contribution in [2.45, 2.75) is 11.2 Å². The summed E-state index contributed by atoms with van der Waals surface area (Å²) in [4.78, 5) is 4.25. The van der Waals surface area contributed by atoms with Gasteiger partial charge in [-0.2, -0.15) is 18.4 Å². The Morgan fingerprint density at radius 1 is 1.23 bits per heavy atom. The normalized spacial score (nSPS) is 10.9. The highest BCUT2D eigenvalue weighted by atomic mass is 32.2. The van der Waals surface area contributed by atoms with Crippen molar-refractivity contribution in [1.29, 1.82) is 5.26 Å². The molecule has 0 atom stereocenters. The molecule has 4 nitrogen and oxygen atoms in total. The Kier molecular flexibility index (Phi) is 6.16. The number of hydrogen-bond acceptors (Lipinski definition) is 5. The van der Waals surface area contributed by atoms with Crippen LogP contribution in [0.4, 0.5) is 13.2 Å². The van der Waals surface area contributed by atoms with Gasteiger partial charge in [0.1, 0.15) is 11.1 Å². The van der Waals surface area contributed by atoms with E-state index in [0.29, 0.717) is 22.8 Å². The quantitative estimate of drug-likeness (QED) is 0.525. The fourth-order valence-corrected chi connectivity index (χ4v) is 2.98. The minimum Gasteiger partial charge on any atom is -0.493 e. The molecular formula is C18H15F3N2O2S. The van der Waals surface area contributed by atoms with Crippen molar-refractivity contribution in [1.82, 2.24) is 4.98 Å². The molecule has 0 aliphatic carbocycles. The van der Waals surface area contributed by atoms with Crippen molar-refractivity contribution >= 4 is 11.8 Å². The summed E-state index contributed by atoms with van der Waals surface area (Å²) < 4.78 is 50.7. The van der Waals surface area contributed by atoms with E-state index in [1.54, 1.807) is 18.2 Å². The maximum atomic E-state index is 13.4. The predicted octanol–water partition coefficient (Wildman–Crippen LogP) is 4.93. The Morgan fingerprint density at radius 2 is 1.92 bits per heavy atom. The molecule has 0 amide bonds. The van der Waals surface area contributed by atoms with E-state index >= 15 is 0 Å². The Bertz CT molecular complexity index is 861. The first-order valence-electron chi connectivity index (χ1n) is 7.34. The van der Waals surface area contributed by atoms with Crippen molar-refractivity contribution in [3.63, 3.8) is 0 Å². The van der Waals surface area contributed by atoms with Crippen LogP contribution in [0, 0.1) is 11.3 Å². The molecule has 0 aliphatic heterocycles. The maximum absolute atomic E-state index is 13.4. The maximum Gasteiger partial charge on any atom is 0.417 e. The summed E-state index contributed by atoms with van der Waals surface area (Å²) in [6, 6.07) is 7.19. The molecule has 136 valence electrons. The fourth-order valence-electron chi connectivity index (χ4n) is 2.24. The summed E-state index contributed by atoms with van der Waals surface area (Å²) in [7, 11) is 2.89. The number of pyridine rings is 1. The number of halogens is 3. The van der Waals surface area contributed by atoms with Gasteiger partial charge in [0, 0.05) is 11.3 Å². The van der Waals surface area contributed by atoms with Crippen LogP contribution in [-0.2, 0) is 6.18 Å². The van der Waals surface area contributed by atoms with Gasteiger partial charge in [0.05, 0.1) is 31.0 Å². The van der Waals surface area contributed by atoms with Crippen LogP contribution in [0.3, 0.4) is 0 Å².